The Labute approximate surface area is 142 Å². The van der Waals surface area contributed by atoms with Gasteiger partial charge in [0.05, 0.1) is 11.8 Å². The first-order chi connectivity index (χ1) is 11.8. The normalized spacial score (nSPS) is 26.0. The van der Waals surface area contributed by atoms with Gasteiger partial charge in [-0.15, -0.1) is 0 Å². The van der Waals surface area contributed by atoms with E-state index >= 15 is 0 Å². The van der Waals surface area contributed by atoms with Crippen LogP contribution in [0, 0.1) is 17.6 Å². The lowest BCUT2D eigenvalue weighted by molar-refractivity contribution is -0.145. The zero-order chi connectivity index (χ0) is 18.3. The molecule has 1 aromatic rings. The molecule has 1 saturated carbocycles. The van der Waals surface area contributed by atoms with Crippen molar-refractivity contribution in [3.05, 3.63) is 29.3 Å². The molecule has 0 unspecified atom stereocenters. The smallest absolute Gasteiger partial charge is 0.306 e. The summed E-state index contributed by atoms with van der Waals surface area (Å²) in [6.45, 7) is 0. The molecule has 2 fully saturated rings. The van der Waals surface area contributed by atoms with Crippen LogP contribution in [0.1, 0.15) is 37.2 Å². The second-order valence-corrected chi connectivity index (χ2v) is 6.60. The number of halogens is 2. The molecule has 25 heavy (non-hydrogen) atoms. The predicted octanol–water partition coefficient (Wildman–Crippen LogP) is 1.78. The molecule has 1 aromatic carbocycles. The van der Waals surface area contributed by atoms with Gasteiger partial charge in [0.25, 0.3) is 0 Å². The zero-order valence-electron chi connectivity index (χ0n) is 13.6. The van der Waals surface area contributed by atoms with Crippen molar-refractivity contribution in [2.45, 2.75) is 37.6 Å². The van der Waals surface area contributed by atoms with E-state index in [2.05, 4.69) is 5.32 Å². The average Bonchev–Trinajstić information content (AvgIpc) is 2.46. The van der Waals surface area contributed by atoms with E-state index in [1.165, 1.54) is 0 Å². The van der Waals surface area contributed by atoms with E-state index < -0.39 is 41.3 Å². The highest BCUT2D eigenvalue weighted by atomic mass is 19.1. The molecule has 134 valence electrons. The third-order valence-corrected chi connectivity index (χ3v) is 5.07. The Morgan fingerprint density at radius 1 is 1.24 bits per heavy atom. The topological polar surface area (TPSA) is 86.7 Å². The number of benzene rings is 1. The summed E-state index contributed by atoms with van der Waals surface area (Å²) < 4.78 is 29.0. The van der Waals surface area contributed by atoms with Gasteiger partial charge in [0.15, 0.2) is 0 Å². The third-order valence-electron chi connectivity index (χ3n) is 5.07. The van der Waals surface area contributed by atoms with Crippen LogP contribution >= 0.6 is 0 Å². The van der Waals surface area contributed by atoms with E-state index in [4.69, 9.17) is 5.11 Å². The summed E-state index contributed by atoms with van der Waals surface area (Å²) in [5.41, 5.74) is -0.0425. The van der Waals surface area contributed by atoms with Crippen LogP contribution in [0.5, 0.6) is 0 Å². The molecule has 3 rings (SSSR count). The van der Waals surface area contributed by atoms with Crippen molar-refractivity contribution < 1.29 is 28.3 Å². The van der Waals surface area contributed by atoms with E-state index in [9.17, 15) is 23.2 Å². The quantitative estimate of drug-likeness (QED) is 0.807. The maximum atomic E-state index is 14.5. The Kier molecular flexibility index (Phi) is 4.45. The van der Waals surface area contributed by atoms with Crippen molar-refractivity contribution in [2.75, 3.05) is 11.9 Å². The van der Waals surface area contributed by atoms with Crippen molar-refractivity contribution in [3.8, 4) is 0 Å². The monoisotopic (exact) mass is 352 g/mol. The second kappa shape index (κ2) is 6.42. The summed E-state index contributed by atoms with van der Waals surface area (Å²) in [6, 6.07) is 2.20. The Bertz CT molecular complexity index is 723. The van der Waals surface area contributed by atoms with Crippen LogP contribution < -0.4 is 10.2 Å². The lowest BCUT2D eigenvalue weighted by atomic mass is 9.79. The van der Waals surface area contributed by atoms with Crippen molar-refractivity contribution >= 4 is 23.5 Å². The summed E-state index contributed by atoms with van der Waals surface area (Å²) >= 11 is 0. The summed E-state index contributed by atoms with van der Waals surface area (Å²) in [5.74, 6) is -5.15. The van der Waals surface area contributed by atoms with Crippen LogP contribution in [0.3, 0.4) is 0 Å². The van der Waals surface area contributed by atoms with Gasteiger partial charge in [-0.05, 0) is 31.4 Å². The highest BCUT2D eigenvalue weighted by molar-refractivity contribution is 6.01. The maximum Gasteiger partial charge on any atom is 0.306 e. The maximum absolute atomic E-state index is 14.5. The number of anilines is 1. The molecule has 1 atom stereocenters. The fourth-order valence-corrected chi connectivity index (χ4v) is 3.39. The number of rotatable bonds is 4. The molecule has 2 amide bonds. The van der Waals surface area contributed by atoms with Gasteiger partial charge in [0.2, 0.25) is 11.8 Å². The number of nitrogens with one attached hydrogen (secondary N) is 1. The lowest BCUT2D eigenvalue weighted by Crippen LogP contribution is -2.45. The third kappa shape index (κ3) is 3.20. The number of amides is 2. The van der Waals surface area contributed by atoms with Gasteiger partial charge >= 0.3 is 5.97 Å². The molecule has 1 aliphatic heterocycles. The van der Waals surface area contributed by atoms with Crippen LogP contribution in [0.4, 0.5) is 14.5 Å². The summed E-state index contributed by atoms with van der Waals surface area (Å²) in [5, 5.41) is 11.0. The number of nitrogens with zero attached hydrogens (tertiary/aromatic N) is 1. The molecule has 8 heteroatoms. The van der Waals surface area contributed by atoms with E-state index in [1.54, 1.807) is 11.9 Å². The van der Waals surface area contributed by atoms with Gasteiger partial charge in [-0.2, -0.15) is 0 Å². The molecule has 1 aliphatic carbocycles. The molecule has 1 saturated heterocycles. The van der Waals surface area contributed by atoms with E-state index in [-0.39, 0.29) is 24.4 Å². The number of aliphatic carboxylic acids is 1. The lowest BCUT2D eigenvalue weighted by Gasteiger charge is -2.40. The molecular formula is C17H18F2N2O4. The van der Waals surface area contributed by atoms with Gasteiger partial charge < -0.3 is 10.0 Å². The van der Waals surface area contributed by atoms with Crippen LogP contribution in [0.2, 0.25) is 0 Å². The first-order valence-corrected chi connectivity index (χ1v) is 8.06. The van der Waals surface area contributed by atoms with E-state index in [0.29, 0.717) is 18.5 Å². The Balaban J connectivity index is 1.80. The van der Waals surface area contributed by atoms with Gasteiger partial charge in [-0.1, -0.05) is 0 Å². The molecule has 0 spiro atoms. The minimum atomic E-state index is -1.03. The molecule has 6 nitrogen and oxygen atoms in total. The SMILES string of the molecule is CN(c1cc(F)c([C@H]2CCC(=O)NC2=O)c(F)c1)C1CC(C(=O)O)C1. The highest BCUT2D eigenvalue weighted by Gasteiger charge is 2.38. The second-order valence-electron chi connectivity index (χ2n) is 6.60. The van der Waals surface area contributed by atoms with Gasteiger partial charge in [0.1, 0.15) is 11.6 Å². The summed E-state index contributed by atoms with van der Waals surface area (Å²) in [4.78, 5) is 35.6. The van der Waals surface area contributed by atoms with Crippen LogP contribution in [0.15, 0.2) is 12.1 Å². The van der Waals surface area contributed by atoms with Crippen LogP contribution in [-0.2, 0) is 14.4 Å². The van der Waals surface area contributed by atoms with Crippen molar-refractivity contribution in [3.63, 3.8) is 0 Å². The standard InChI is InChI=1S/C17H18F2N2O4/c1-21(9-4-8(5-9)17(24)25)10-6-12(18)15(13(19)7-10)11-2-3-14(22)20-16(11)23/h6-9,11H,2-5H2,1H3,(H,24,25)(H,20,22,23)/t8?,9?,11-/m1/s1. The van der Waals surface area contributed by atoms with Gasteiger partial charge in [-0.3, -0.25) is 19.7 Å². The number of carboxylic acid groups (broad SMARTS) is 1. The van der Waals surface area contributed by atoms with E-state index in [0.717, 1.165) is 12.1 Å². The molecular weight excluding hydrogens is 334 g/mol. The minimum absolute atomic E-state index is 0.0373. The summed E-state index contributed by atoms with van der Waals surface area (Å²) in [6.07, 6.45) is 0.945. The molecule has 0 radical (unpaired) electrons. The molecule has 2 N–H and O–H groups in total. The van der Waals surface area contributed by atoms with E-state index in [1.807, 2.05) is 0 Å². The molecule has 2 aliphatic rings. The molecule has 0 bridgehead atoms. The largest absolute Gasteiger partial charge is 0.481 e. The molecule has 0 aromatic heterocycles. The fraction of sp³-hybridized carbons (Fsp3) is 0.471. The Morgan fingerprint density at radius 3 is 2.36 bits per heavy atom. The minimum Gasteiger partial charge on any atom is -0.481 e. The summed E-state index contributed by atoms with van der Waals surface area (Å²) in [7, 11) is 1.66. The van der Waals surface area contributed by atoms with Crippen molar-refractivity contribution in [1.82, 2.24) is 5.32 Å². The molecule has 1 heterocycles. The number of imide groups is 1. The average molecular weight is 352 g/mol. The highest BCUT2D eigenvalue weighted by Crippen LogP contribution is 2.36. The Morgan fingerprint density at radius 2 is 1.84 bits per heavy atom. The number of piperidine rings is 1. The first-order valence-electron chi connectivity index (χ1n) is 8.06. The van der Waals surface area contributed by atoms with Crippen LogP contribution in [0.25, 0.3) is 0 Å². The van der Waals surface area contributed by atoms with Crippen molar-refractivity contribution in [2.24, 2.45) is 5.92 Å². The number of hydrogen-bond acceptors (Lipinski definition) is 4. The first kappa shape index (κ1) is 17.3. The van der Waals surface area contributed by atoms with Gasteiger partial charge in [-0.25, -0.2) is 8.78 Å². The van der Waals surface area contributed by atoms with Crippen molar-refractivity contribution in [1.29, 1.82) is 0 Å². The zero-order valence-corrected chi connectivity index (χ0v) is 13.6. The Hall–Kier alpha value is -2.51. The van der Waals surface area contributed by atoms with Crippen LogP contribution in [-0.4, -0.2) is 36.0 Å². The number of carboxylic acids is 1. The number of hydrogen-bond donors (Lipinski definition) is 2. The fourth-order valence-electron chi connectivity index (χ4n) is 3.39. The predicted molar refractivity (Wildman–Crippen MR) is 84.0 cm³/mol. The number of carbonyl (C=O) groups excluding carboxylic acids is 2. The number of carbonyl (C=O) groups is 3. The van der Waals surface area contributed by atoms with Gasteiger partial charge in [0, 0.05) is 30.8 Å².